The van der Waals surface area contributed by atoms with Crippen LogP contribution in [0.25, 0.3) is 0 Å². The lowest BCUT2D eigenvalue weighted by molar-refractivity contribution is -1.000. The van der Waals surface area contributed by atoms with Gasteiger partial charge in [0.25, 0.3) is 0 Å². The molecular formula is C6H12Cl2N4O4S. The van der Waals surface area contributed by atoms with Crippen molar-refractivity contribution < 1.29 is 51.9 Å². The highest BCUT2D eigenvalue weighted by Crippen LogP contribution is 1.85. The van der Waals surface area contributed by atoms with Crippen molar-refractivity contribution in [2.24, 2.45) is 9.98 Å². The lowest BCUT2D eigenvalue weighted by atomic mass is 10.7. The first kappa shape index (κ1) is 16.7. The highest BCUT2D eigenvalue weighted by atomic mass is 35.5. The summed E-state index contributed by atoms with van der Waals surface area (Å²) in [5.41, 5.74) is 0. The highest BCUT2D eigenvalue weighted by Gasteiger charge is 2.30. The molecule has 0 radical (unpaired) electrons. The summed E-state index contributed by atoms with van der Waals surface area (Å²) in [6.45, 7) is 2.10. The van der Waals surface area contributed by atoms with Gasteiger partial charge >= 0.3 is 10.4 Å². The maximum Gasteiger partial charge on any atom is 0.491 e. The van der Waals surface area contributed by atoms with Crippen LogP contribution in [0.4, 0.5) is 0 Å². The SMILES string of the molecule is O=S(=O)(O[NH+]1C=NCC1)O[NH+]1C=NCC1.[Cl-].[Cl-]. The van der Waals surface area contributed by atoms with Crippen LogP contribution in [-0.2, 0) is 19.0 Å². The van der Waals surface area contributed by atoms with Gasteiger partial charge in [0.15, 0.2) is 0 Å². The van der Waals surface area contributed by atoms with Gasteiger partial charge in [-0.05, 0) is 8.57 Å². The summed E-state index contributed by atoms with van der Waals surface area (Å²) >= 11 is 0. The lowest BCUT2D eigenvalue weighted by Gasteiger charge is -2.08. The minimum atomic E-state index is -4.00. The third-order valence-corrected chi connectivity index (χ3v) is 2.70. The normalized spacial score (nSPS) is 26.6. The molecule has 0 amide bonds. The van der Waals surface area contributed by atoms with Gasteiger partial charge in [0.05, 0.1) is 13.1 Å². The Bertz CT molecular complexity index is 357. The van der Waals surface area contributed by atoms with E-state index in [1.165, 1.54) is 12.7 Å². The van der Waals surface area contributed by atoms with Gasteiger partial charge in [-0.3, -0.25) is 0 Å². The number of quaternary nitrogens is 2. The molecule has 2 aliphatic heterocycles. The van der Waals surface area contributed by atoms with E-state index in [9.17, 15) is 8.42 Å². The van der Waals surface area contributed by atoms with E-state index in [-0.39, 0.29) is 24.8 Å². The Morgan fingerprint density at radius 2 is 1.35 bits per heavy atom. The summed E-state index contributed by atoms with van der Waals surface area (Å²) in [6, 6.07) is 0. The molecule has 100 valence electrons. The van der Waals surface area contributed by atoms with Crippen molar-refractivity contribution in [3.05, 3.63) is 0 Å². The standard InChI is InChI=1S/C6H10N4O4S.2ClH/c11-15(12,13-9-3-1-7-5-9)14-10-4-2-8-6-10;;/h5-6H,1-4H2;2*1H. The molecular weight excluding hydrogens is 295 g/mol. The number of hydrogen-bond acceptors (Lipinski definition) is 6. The summed E-state index contributed by atoms with van der Waals surface area (Å²) in [5.74, 6) is 0. The van der Waals surface area contributed by atoms with E-state index < -0.39 is 10.4 Å². The van der Waals surface area contributed by atoms with E-state index in [4.69, 9.17) is 8.57 Å². The van der Waals surface area contributed by atoms with Crippen LogP contribution in [0, 0.1) is 0 Å². The molecule has 2 unspecified atom stereocenters. The van der Waals surface area contributed by atoms with Crippen LogP contribution in [0.3, 0.4) is 0 Å². The number of nitrogens with one attached hydrogen (secondary N) is 2. The maximum absolute atomic E-state index is 11.3. The first-order valence-electron chi connectivity index (χ1n) is 4.51. The number of nitrogens with zero attached hydrogens (tertiary/aromatic N) is 2. The molecule has 2 atom stereocenters. The molecule has 2 rings (SSSR count). The van der Waals surface area contributed by atoms with E-state index in [2.05, 4.69) is 9.98 Å². The van der Waals surface area contributed by atoms with Crippen molar-refractivity contribution >= 4 is 23.1 Å². The fourth-order valence-corrected chi connectivity index (χ4v) is 2.03. The Labute approximate surface area is 111 Å². The van der Waals surface area contributed by atoms with E-state index >= 15 is 0 Å². The quantitative estimate of drug-likeness (QED) is 0.540. The Morgan fingerprint density at radius 1 is 0.941 bits per heavy atom. The van der Waals surface area contributed by atoms with Crippen molar-refractivity contribution in [1.82, 2.24) is 0 Å². The maximum atomic E-state index is 11.3. The van der Waals surface area contributed by atoms with Gasteiger partial charge in [-0.15, -0.1) is 10.1 Å². The minimum absolute atomic E-state index is 0. The molecule has 0 aromatic rings. The molecule has 0 fully saturated rings. The van der Waals surface area contributed by atoms with Crippen LogP contribution < -0.4 is 34.9 Å². The second kappa shape index (κ2) is 7.21. The zero-order chi connectivity index (χ0) is 10.7. The molecule has 0 aromatic heterocycles. The van der Waals surface area contributed by atoms with Gasteiger partial charge in [-0.1, -0.05) is 0 Å². The molecule has 2 N–H and O–H groups in total. The topological polar surface area (TPSA) is 86.2 Å². The molecule has 0 aromatic carbocycles. The molecule has 0 aliphatic carbocycles. The molecule has 0 saturated carbocycles. The predicted molar refractivity (Wildman–Crippen MR) is 49.5 cm³/mol. The fraction of sp³-hybridized carbons (Fsp3) is 0.667. The zero-order valence-electron chi connectivity index (χ0n) is 8.67. The number of halogens is 2. The Kier molecular flexibility index (Phi) is 7.09. The highest BCUT2D eigenvalue weighted by molar-refractivity contribution is 7.81. The van der Waals surface area contributed by atoms with E-state index in [1.807, 2.05) is 0 Å². The average Bonchev–Trinajstić information content (AvgIpc) is 2.75. The van der Waals surface area contributed by atoms with Crippen LogP contribution in [0.5, 0.6) is 0 Å². The summed E-state index contributed by atoms with van der Waals surface area (Å²) in [6.07, 6.45) is 2.79. The largest absolute Gasteiger partial charge is 1.00 e. The second-order valence-corrected chi connectivity index (χ2v) is 4.23. The van der Waals surface area contributed by atoms with E-state index in [0.29, 0.717) is 36.3 Å². The summed E-state index contributed by atoms with van der Waals surface area (Å²) < 4.78 is 32.1. The zero-order valence-corrected chi connectivity index (χ0v) is 11.0. The first-order chi connectivity index (χ1) is 7.16. The number of hydroxylamine groups is 4. The third kappa shape index (κ3) is 5.25. The summed E-state index contributed by atoms with van der Waals surface area (Å²) in [4.78, 5) is 7.68. The average molecular weight is 307 g/mol. The van der Waals surface area contributed by atoms with Gasteiger partial charge in [-0.25, -0.2) is 9.98 Å². The van der Waals surface area contributed by atoms with Crippen molar-refractivity contribution in [3.8, 4) is 0 Å². The first-order valence-corrected chi connectivity index (χ1v) is 5.84. The van der Waals surface area contributed by atoms with Crippen LogP contribution >= 0.6 is 0 Å². The van der Waals surface area contributed by atoms with Gasteiger partial charge in [0.2, 0.25) is 12.7 Å². The summed E-state index contributed by atoms with van der Waals surface area (Å²) in [5, 5.41) is 0.621. The molecule has 0 spiro atoms. The second-order valence-electron chi connectivity index (χ2n) is 3.08. The van der Waals surface area contributed by atoms with Crippen LogP contribution in [0.2, 0.25) is 0 Å². The Morgan fingerprint density at radius 3 is 1.65 bits per heavy atom. The van der Waals surface area contributed by atoms with E-state index in [0.717, 1.165) is 0 Å². The monoisotopic (exact) mass is 306 g/mol. The van der Waals surface area contributed by atoms with Gasteiger partial charge in [0.1, 0.15) is 13.1 Å². The van der Waals surface area contributed by atoms with Crippen molar-refractivity contribution in [3.63, 3.8) is 0 Å². The van der Waals surface area contributed by atoms with Crippen LogP contribution in [-0.4, -0.2) is 47.3 Å². The Balaban J connectivity index is 0.00000128. The molecule has 2 aliphatic rings. The number of rotatable bonds is 4. The lowest BCUT2D eigenvalue weighted by Crippen LogP contribution is -3.12. The van der Waals surface area contributed by atoms with Crippen molar-refractivity contribution in [2.45, 2.75) is 0 Å². The van der Waals surface area contributed by atoms with Crippen molar-refractivity contribution in [2.75, 3.05) is 26.2 Å². The Hall–Kier alpha value is -0.290. The van der Waals surface area contributed by atoms with Gasteiger partial charge in [-0.2, -0.15) is 8.42 Å². The molecule has 17 heavy (non-hydrogen) atoms. The van der Waals surface area contributed by atoms with Gasteiger partial charge in [0, 0.05) is 0 Å². The van der Waals surface area contributed by atoms with E-state index in [1.54, 1.807) is 0 Å². The predicted octanol–water partition coefficient (Wildman–Crippen LogP) is -10.0. The van der Waals surface area contributed by atoms with Gasteiger partial charge < -0.3 is 24.8 Å². The molecule has 0 saturated heterocycles. The van der Waals surface area contributed by atoms with Crippen LogP contribution in [0.15, 0.2) is 9.98 Å². The minimum Gasteiger partial charge on any atom is -1.00 e. The fourth-order valence-electron chi connectivity index (χ4n) is 1.22. The number of aliphatic imine (C=N–C) groups is 2. The molecule has 11 heteroatoms. The van der Waals surface area contributed by atoms with Crippen molar-refractivity contribution in [1.29, 1.82) is 0 Å². The number of hydrogen-bond donors (Lipinski definition) is 2. The summed E-state index contributed by atoms with van der Waals surface area (Å²) in [7, 11) is -4.00. The third-order valence-electron chi connectivity index (χ3n) is 1.86. The molecule has 2 heterocycles. The molecule has 0 bridgehead atoms. The smallest absolute Gasteiger partial charge is 0.491 e. The molecule has 8 nitrogen and oxygen atoms in total. The van der Waals surface area contributed by atoms with Crippen LogP contribution in [0.1, 0.15) is 0 Å².